The number of halogens is 1. The van der Waals surface area contributed by atoms with Crippen molar-refractivity contribution in [1.82, 2.24) is 4.98 Å². The highest BCUT2D eigenvalue weighted by Gasteiger charge is 2.28. The third-order valence-electron chi connectivity index (χ3n) is 8.73. The highest BCUT2D eigenvalue weighted by Crippen LogP contribution is 2.42. The van der Waals surface area contributed by atoms with Gasteiger partial charge in [0, 0.05) is 47.5 Å². The molecule has 3 amide bonds. The second kappa shape index (κ2) is 13.6. The maximum absolute atomic E-state index is 14.4. The predicted molar refractivity (Wildman–Crippen MR) is 191 cm³/mol. The fraction of sp³-hybridized carbons (Fsp3) is 0.211. The van der Waals surface area contributed by atoms with E-state index in [4.69, 9.17) is 4.74 Å². The lowest BCUT2D eigenvalue weighted by Crippen LogP contribution is -2.38. The summed E-state index contributed by atoms with van der Waals surface area (Å²) in [5.41, 5.74) is 5.75. The minimum absolute atomic E-state index is 0.170. The number of amides is 3. The SMILES string of the molecule is Cc1cnc(N2CCOCC2)c(C(=O)Nc2ccc(C(=O)N3CCc4cc(C(=O)Nc5c(C)cccc5F)sc4-c4ccccc43)cc2)c1. The van der Waals surface area contributed by atoms with Crippen molar-refractivity contribution in [3.63, 3.8) is 0 Å². The summed E-state index contributed by atoms with van der Waals surface area (Å²) in [7, 11) is 0. The molecule has 2 aromatic heterocycles. The lowest BCUT2D eigenvalue weighted by molar-refractivity contribution is 0.0985. The molecule has 0 saturated carbocycles. The minimum Gasteiger partial charge on any atom is -0.378 e. The number of pyridine rings is 1. The molecule has 49 heavy (non-hydrogen) atoms. The second-order valence-electron chi connectivity index (χ2n) is 12.1. The van der Waals surface area contributed by atoms with E-state index in [2.05, 4.69) is 20.5 Å². The smallest absolute Gasteiger partial charge is 0.265 e. The van der Waals surface area contributed by atoms with Gasteiger partial charge in [0.25, 0.3) is 17.7 Å². The summed E-state index contributed by atoms with van der Waals surface area (Å²) in [6, 6.07) is 22.9. The van der Waals surface area contributed by atoms with Crippen LogP contribution in [0.4, 0.5) is 27.3 Å². The van der Waals surface area contributed by atoms with Crippen molar-refractivity contribution in [1.29, 1.82) is 0 Å². The van der Waals surface area contributed by atoms with E-state index in [9.17, 15) is 18.8 Å². The van der Waals surface area contributed by atoms with Crippen LogP contribution in [0.5, 0.6) is 0 Å². The Morgan fingerprint density at radius 1 is 0.878 bits per heavy atom. The summed E-state index contributed by atoms with van der Waals surface area (Å²) in [6.07, 6.45) is 2.29. The lowest BCUT2D eigenvalue weighted by Gasteiger charge is -2.29. The summed E-state index contributed by atoms with van der Waals surface area (Å²) in [5.74, 6) is -0.686. The number of para-hydroxylation sites is 2. The van der Waals surface area contributed by atoms with Gasteiger partial charge in [0.15, 0.2) is 0 Å². The monoisotopic (exact) mass is 675 g/mol. The van der Waals surface area contributed by atoms with Gasteiger partial charge in [0.2, 0.25) is 0 Å². The normalized spacial score (nSPS) is 14.0. The first-order chi connectivity index (χ1) is 23.8. The van der Waals surface area contributed by atoms with Crippen molar-refractivity contribution in [2.75, 3.05) is 53.3 Å². The fourth-order valence-corrected chi connectivity index (χ4v) is 7.33. The average molecular weight is 676 g/mol. The minimum atomic E-state index is -0.483. The third kappa shape index (κ3) is 6.55. The Hall–Kier alpha value is -5.39. The number of carbonyl (C=O) groups is 3. The summed E-state index contributed by atoms with van der Waals surface area (Å²) in [4.78, 5) is 50.3. The van der Waals surface area contributed by atoms with Crippen LogP contribution in [0.25, 0.3) is 10.4 Å². The van der Waals surface area contributed by atoms with Gasteiger partial charge in [-0.2, -0.15) is 0 Å². The number of hydrogen-bond acceptors (Lipinski definition) is 7. The van der Waals surface area contributed by atoms with Gasteiger partial charge >= 0.3 is 0 Å². The van der Waals surface area contributed by atoms with Crippen molar-refractivity contribution < 1.29 is 23.5 Å². The summed E-state index contributed by atoms with van der Waals surface area (Å²) < 4.78 is 19.9. The number of fused-ring (bicyclic) bond motifs is 3. The van der Waals surface area contributed by atoms with Crippen molar-refractivity contribution in [2.24, 2.45) is 0 Å². The number of anilines is 4. The van der Waals surface area contributed by atoms with Crippen LogP contribution in [-0.2, 0) is 11.2 Å². The van der Waals surface area contributed by atoms with E-state index in [0.29, 0.717) is 72.3 Å². The van der Waals surface area contributed by atoms with Gasteiger partial charge in [-0.15, -0.1) is 11.3 Å². The Kier molecular flexibility index (Phi) is 8.94. The average Bonchev–Trinajstić information content (AvgIpc) is 3.48. The van der Waals surface area contributed by atoms with Gasteiger partial charge in [-0.05, 0) is 85.5 Å². The summed E-state index contributed by atoms with van der Waals surface area (Å²) in [6.45, 7) is 6.53. The van der Waals surface area contributed by atoms with E-state index in [1.54, 1.807) is 54.4 Å². The number of benzene rings is 3. The van der Waals surface area contributed by atoms with Gasteiger partial charge in [0.1, 0.15) is 11.6 Å². The van der Waals surface area contributed by atoms with Crippen LogP contribution in [0, 0.1) is 19.7 Å². The molecule has 9 nitrogen and oxygen atoms in total. The number of aromatic nitrogens is 1. The quantitative estimate of drug-likeness (QED) is 0.199. The van der Waals surface area contributed by atoms with Gasteiger partial charge in [-0.1, -0.05) is 30.3 Å². The number of ether oxygens (including phenoxy) is 1. The van der Waals surface area contributed by atoms with Crippen LogP contribution in [0.1, 0.15) is 47.1 Å². The first-order valence-corrected chi connectivity index (χ1v) is 16.9. The maximum atomic E-state index is 14.4. The number of aryl methyl sites for hydroxylation is 2. The number of hydrogen-bond donors (Lipinski definition) is 2. The topological polar surface area (TPSA) is 104 Å². The van der Waals surface area contributed by atoms with E-state index in [0.717, 1.165) is 27.3 Å². The second-order valence-corrected chi connectivity index (χ2v) is 13.1. The zero-order valence-electron chi connectivity index (χ0n) is 27.1. The first-order valence-electron chi connectivity index (χ1n) is 16.1. The Labute approximate surface area is 287 Å². The molecule has 2 aliphatic heterocycles. The van der Waals surface area contributed by atoms with Gasteiger partial charge in [-0.25, -0.2) is 9.37 Å². The molecular formula is C38H34FN5O4S. The third-order valence-corrected chi connectivity index (χ3v) is 9.94. The highest BCUT2D eigenvalue weighted by atomic mass is 32.1. The Bertz CT molecular complexity index is 2050. The van der Waals surface area contributed by atoms with E-state index < -0.39 is 5.82 Å². The molecule has 0 spiro atoms. The number of nitrogens with zero attached hydrogens (tertiary/aromatic N) is 3. The number of nitrogens with one attached hydrogen (secondary N) is 2. The fourth-order valence-electron chi connectivity index (χ4n) is 6.19. The molecule has 1 fully saturated rings. The van der Waals surface area contributed by atoms with Gasteiger partial charge in [-0.3, -0.25) is 14.4 Å². The number of rotatable bonds is 6. The van der Waals surface area contributed by atoms with Crippen molar-refractivity contribution in [3.8, 4) is 10.4 Å². The van der Waals surface area contributed by atoms with E-state index in [1.807, 2.05) is 43.3 Å². The lowest BCUT2D eigenvalue weighted by atomic mass is 10.1. The number of morpholine rings is 1. The first kappa shape index (κ1) is 32.2. The number of carbonyl (C=O) groups excluding carboxylic acids is 3. The molecule has 11 heteroatoms. The van der Waals surface area contributed by atoms with Crippen molar-refractivity contribution >= 4 is 51.9 Å². The molecule has 5 aromatic rings. The Morgan fingerprint density at radius 2 is 1.65 bits per heavy atom. The van der Waals surface area contributed by atoms with Gasteiger partial charge < -0.3 is 25.2 Å². The Balaban J connectivity index is 1.09. The molecule has 0 aliphatic carbocycles. The molecule has 248 valence electrons. The molecule has 2 N–H and O–H groups in total. The van der Waals surface area contributed by atoms with Crippen LogP contribution in [-0.4, -0.2) is 55.6 Å². The zero-order chi connectivity index (χ0) is 34.1. The largest absolute Gasteiger partial charge is 0.378 e. The summed E-state index contributed by atoms with van der Waals surface area (Å²) >= 11 is 1.33. The van der Waals surface area contributed by atoms with Gasteiger partial charge in [0.05, 0.1) is 35.0 Å². The molecule has 0 atom stereocenters. The van der Waals surface area contributed by atoms with Crippen LogP contribution in [0.15, 0.2) is 85.1 Å². The molecule has 0 unspecified atom stereocenters. The maximum Gasteiger partial charge on any atom is 0.265 e. The molecule has 3 aromatic carbocycles. The predicted octanol–water partition coefficient (Wildman–Crippen LogP) is 7.11. The van der Waals surface area contributed by atoms with Crippen molar-refractivity contribution in [2.45, 2.75) is 20.3 Å². The molecule has 1 saturated heterocycles. The number of thiophene rings is 1. The van der Waals surface area contributed by atoms with Crippen LogP contribution < -0.4 is 20.4 Å². The molecular weight excluding hydrogens is 642 g/mol. The van der Waals surface area contributed by atoms with Crippen LogP contribution >= 0.6 is 11.3 Å². The highest BCUT2D eigenvalue weighted by molar-refractivity contribution is 7.17. The Morgan fingerprint density at radius 3 is 2.43 bits per heavy atom. The van der Waals surface area contributed by atoms with Crippen molar-refractivity contribution in [3.05, 3.63) is 124 Å². The van der Waals surface area contributed by atoms with E-state index in [1.165, 1.54) is 17.4 Å². The zero-order valence-corrected chi connectivity index (χ0v) is 27.9. The molecule has 7 rings (SSSR count). The molecule has 2 aliphatic rings. The van der Waals surface area contributed by atoms with Crippen LogP contribution in [0.3, 0.4) is 0 Å². The standard InChI is InChI=1S/C38H34FN5O4S/c1-23-20-29(35(40-22-23)43-16-18-48-19-17-43)36(45)41-27-12-10-25(11-13-27)38(47)44-15-14-26-21-32(49-34(26)28-7-3-4-9-31(28)44)37(46)42-33-24(2)6-5-8-30(33)39/h3-13,20-22H,14-19H2,1-2H3,(H,41,45)(H,42,46). The van der Waals surface area contributed by atoms with E-state index in [-0.39, 0.29) is 23.4 Å². The van der Waals surface area contributed by atoms with Crippen LogP contribution in [0.2, 0.25) is 0 Å². The van der Waals surface area contributed by atoms with E-state index >= 15 is 0 Å². The summed E-state index contributed by atoms with van der Waals surface area (Å²) in [5, 5.41) is 5.70. The molecule has 4 heterocycles. The molecule has 0 radical (unpaired) electrons. The molecule has 0 bridgehead atoms.